The van der Waals surface area contributed by atoms with Crippen molar-refractivity contribution in [2.45, 2.75) is 0 Å². The Kier molecular flexibility index (Phi) is 4.59. The van der Waals surface area contributed by atoms with Crippen LogP contribution in [0.15, 0.2) is 56.1 Å². The van der Waals surface area contributed by atoms with Crippen molar-refractivity contribution in [3.05, 3.63) is 57.1 Å². The fraction of sp³-hybridized carbons (Fsp3) is 0. The Labute approximate surface area is 152 Å². The smallest absolute Gasteiger partial charge is 0.343 e. The summed E-state index contributed by atoms with van der Waals surface area (Å²) in [7, 11) is 0. The van der Waals surface area contributed by atoms with Gasteiger partial charge in [-0.15, -0.1) is 0 Å². The number of carbonyl (C=O) groups is 1. The maximum absolute atomic E-state index is 12.3. The standard InChI is InChI=1S/C16H9Br2NO5/c17-9-6-10(14-3-4-19-24-14)15(11(18)7-9)23-16(22)8-1-2-12(20)13(21)5-8/h1-7,20-21H. The molecule has 0 fully saturated rings. The summed E-state index contributed by atoms with van der Waals surface area (Å²) < 4.78 is 11.9. The fourth-order valence-electron chi connectivity index (χ4n) is 2.00. The van der Waals surface area contributed by atoms with Crippen molar-refractivity contribution >= 4 is 37.8 Å². The van der Waals surface area contributed by atoms with Gasteiger partial charge in [0, 0.05) is 10.5 Å². The van der Waals surface area contributed by atoms with Gasteiger partial charge >= 0.3 is 5.97 Å². The molecule has 6 nitrogen and oxygen atoms in total. The molecule has 3 rings (SSSR count). The number of aromatic nitrogens is 1. The molecule has 0 aliphatic heterocycles. The van der Waals surface area contributed by atoms with Crippen LogP contribution < -0.4 is 4.74 Å². The van der Waals surface area contributed by atoms with Crippen LogP contribution in [0, 0.1) is 0 Å². The highest BCUT2D eigenvalue weighted by molar-refractivity contribution is 9.11. The number of ether oxygens (including phenoxy) is 1. The minimum absolute atomic E-state index is 0.0867. The van der Waals surface area contributed by atoms with E-state index in [1.165, 1.54) is 18.3 Å². The Morgan fingerprint density at radius 1 is 1.08 bits per heavy atom. The molecule has 0 saturated carbocycles. The molecule has 122 valence electrons. The van der Waals surface area contributed by atoms with Gasteiger partial charge in [0.1, 0.15) is 0 Å². The van der Waals surface area contributed by atoms with Gasteiger partial charge in [0.15, 0.2) is 23.0 Å². The number of aromatic hydroxyl groups is 2. The lowest BCUT2D eigenvalue weighted by molar-refractivity contribution is 0.0733. The van der Waals surface area contributed by atoms with Crippen molar-refractivity contribution in [1.29, 1.82) is 0 Å². The van der Waals surface area contributed by atoms with Crippen LogP contribution in [-0.4, -0.2) is 21.3 Å². The van der Waals surface area contributed by atoms with E-state index in [2.05, 4.69) is 37.0 Å². The number of phenols is 2. The molecule has 2 aromatic carbocycles. The van der Waals surface area contributed by atoms with Crippen LogP contribution in [0.3, 0.4) is 0 Å². The van der Waals surface area contributed by atoms with Crippen LogP contribution >= 0.6 is 31.9 Å². The predicted octanol–water partition coefficient (Wildman–Crippen LogP) is 4.50. The molecule has 0 radical (unpaired) electrons. The Balaban J connectivity index is 2.00. The van der Waals surface area contributed by atoms with Gasteiger partial charge in [-0.25, -0.2) is 4.79 Å². The topological polar surface area (TPSA) is 92.8 Å². The highest BCUT2D eigenvalue weighted by Gasteiger charge is 2.19. The fourth-order valence-corrected chi connectivity index (χ4v) is 3.31. The first-order chi connectivity index (χ1) is 11.5. The zero-order chi connectivity index (χ0) is 17.3. The molecule has 2 N–H and O–H groups in total. The van der Waals surface area contributed by atoms with Crippen molar-refractivity contribution < 1.29 is 24.3 Å². The van der Waals surface area contributed by atoms with E-state index in [1.807, 2.05) is 0 Å². The van der Waals surface area contributed by atoms with E-state index < -0.39 is 11.7 Å². The zero-order valence-electron chi connectivity index (χ0n) is 11.9. The maximum Gasteiger partial charge on any atom is 0.343 e. The van der Waals surface area contributed by atoms with Gasteiger partial charge in [-0.1, -0.05) is 21.1 Å². The van der Waals surface area contributed by atoms with E-state index in [0.717, 1.165) is 10.5 Å². The molecule has 3 aromatic rings. The summed E-state index contributed by atoms with van der Waals surface area (Å²) in [5.41, 5.74) is 0.605. The van der Waals surface area contributed by atoms with Crippen LogP contribution in [0.5, 0.6) is 17.2 Å². The van der Waals surface area contributed by atoms with E-state index in [9.17, 15) is 15.0 Å². The molecular formula is C16H9Br2NO5. The molecule has 0 saturated heterocycles. The quantitative estimate of drug-likeness (QED) is 0.344. The normalized spacial score (nSPS) is 10.6. The van der Waals surface area contributed by atoms with Crippen molar-refractivity contribution in [2.24, 2.45) is 0 Å². The molecule has 1 aromatic heterocycles. The first-order valence-corrected chi connectivity index (χ1v) is 8.18. The molecule has 0 atom stereocenters. The van der Waals surface area contributed by atoms with Crippen LogP contribution in [-0.2, 0) is 0 Å². The van der Waals surface area contributed by atoms with E-state index in [-0.39, 0.29) is 17.1 Å². The third-order valence-electron chi connectivity index (χ3n) is 3.12. The Morgan fingerprint density at radius 3 is 2.54 bits per heavy atom. The highest BCUT2D eigenvalue weighted by Crippen LogP contribution is 2.39. The second kappa shape index (κ2) is 6.66. The van der Waals surface area contributed by atoms with Gasteiger partial charge in [0.25, 0.3) is 0 Å². The molecule has 8 heteroatoms. The molecule has 1 heterocycles. The first-order valence-electron chi connectivity index (χ1n) is 6.60. The van der Waals surface area contributed by atoms with E-state index in [4.69, 9.17) is 9.26 Å². The molecule has 0 unspecified atom stereocenters. The third-order valence-corrected chi connectivity index (χ3v) is 4.16. The van der Waals surface area contributed by atoms with Gasteiger partial charge < -0.3 is 19.5 Å². The number of phenolic OH excluding ortho intramolecular Hbond substituents is 2. The Hall–Kier alpha value is -2.32. The number of rotatable bonds is 3. The summed E-state index contributed by atoms with van der Waals surface area (Å²) in [5.74, 6) is -0.761. The average Bonchev–Trinajstić information content (AvgIpc) is 3.06. The summed E-state index contributed by atoms with van der Waals surface area (Å²) in [6.45, 7) is 0. The summed E-state index contributed by atoms with van der Waals surface area (Å²) in [6.07, 6.45) is 1.48. The Bertz CT molecular complexity index is 909. The van der Waals surface area contributed by atoms with Gasteiger partial charge in [-0.3, -0.25) is 0 Å². The largest absolute Gasteiger partial charge is 0.504 e. The van der Waals surface area contributed by atoms with Crippen LogP contribution in [0.25, 0.3) is 11.3 Å². The lowest BCUT2D eigenvalue weighted by Gasteiger charge is -2.11. The summed E-state index contributed by atoms with van der Waals surface area (Å²) >= 11 is 6.72. The predicted molar refractivity (Wildman–Crippen MR) is 92.1 cm³/mol. The molecule has 0 amide bonds. The zero-order valence-corrected chi connectivity index (χ0v) is 15.0. The highest BCUT2D eigenvalue weighted by atomic mass is 79.9. The monoisotopic (exact) mass is 453 g/mol. The van der Waals surface area contributed by atoms with E-state index >= 15 is 0 Å². The second-order valence-corrected chi connectivity index (χ2v) is 6.50. The van der Waals surface area contributed by atoms with E-state index in [1.54, 1.807) is 18.2 Å². The molecule has 0 aliphatic carbocycles. The second-order valence-electron chi connectivity index (χ2n) is 4.73. The number of hydrogen-bond acceptors (Lipinski definition) is 6. The maximum atomic E-state index is 12.3. The van der Waals surface area contributed by atoms with Crippen LogP contribution in [0.4, 0.5) is 0 Å². The van der Waals surface area contributed by atoms with Crippen molar-refractivity contribution in [3.63, 3.8) is 0 Å². The minimum Gasteiger partial charge on any atom is -0.504 e. The molecule has 24 heavy (non-hydrogen) atoms. The lowest BCUT2D eigenvalue weighted by atomic mass is 10.1. The summed E-state index contributed by atoms with van der Waals surface area (Å²) in [5, 5.41) is 22.5. The SMILES string of the molecule is O=C(Oc1c(Br)cc(Br)cc1-c1ccno1)c1ccc(O)c(O)c1. The number of halogens is 2. The van der Waals surface area contributed by atoms with Crippen LogP contribution in [0.2, 0.25) is 0 Å². The molecular weight excluding hydrogens is 446 g/mol. The number of nitrogens with zero attached hydrogens (tertiary/aromatic N) is 1. The van der Waals surface area contributed by atoms with Crippen molar-refractivity contribution in [2.75, 3.05) is 0 Å². The average molecular weight is 455 g/mol. The molecule has 0 spiro atoms. The Morgan fingerprint density at radius 2 is 1.88 bits per heavy atom. The van der Waals surface area contributed by atoms with Crippen LogP contribution in [0.1, 0.15) is 10.4 Å². The van der Waals surface area contributed by atoms with E-state index in [0.29, 0.717) is 15.8 Å². The van der Waals surface area contributed by atoms with Gasteiger partial charge in [0.05, 0.1) is 21.8 Å². The van der Waals surface area contributed by atoms with Gasteiger partial charge in [0.2, 0.25) is 0 Å². The molecule has 0 aliphatic rings. The van der Waals surface area contributed by atoms with Gasteiger partial charge in [-0.05, 0) is 46.3 Å². The third kappa shape index (κ3) is 3.29. The van der Waals surface area contributed by atoms with Crippen molar-refractivity contribution in [1.82, 2.24) is 5.16 Å². The summed E-state index contributed by atoms with van der Waals surface area (Å²) in [6, 6.07) is 8.76. The first kappa shape index (κ1) is 16.5. The number of esters is 1. The number of carbonyl (C=O) groups excluding carboxylic acids is 1. The lowest BCUT2D eigenvalue weighted by Crippen LogP contribution is -2.09. The number of hydrogen-bond donors (Lipinski definition) is 2. The number of benzene rings is 2. The minimum atomic E-state index is -0.700. The van der Waals surface area contributed by atoms with Gasteiger partial charge in [-0.2, -0.15) is 0 Å². The van der Waals surface area contributed by atoms with Crippen molar-refractivity contribution in [3.8, 4) is 28.6 Å². The molecule has 0 bridgehead atoms. The summed E-state index contributed by atoms with van der Waals surface area (Å²) in [4.78, 5) is 12.3.